The van der Waals surface area contributed by atoms with Crippen LogP contribution in [0.4, 0.5) is 0 Å². The van der Waals surface area contributed by atoms with Crippen LogP contribution in [-0.2, 0) is 6.42 Å². The molecule has 0 fully saturated rings. The molecule has 1 atom stereocenters. The Kier molecular flexibility index (Phi) is 8.16. The summed E-state index contributed by atoms with van der Waals surface area (Å²) in [7, 11) is 0. The van der Waals surface area contributed by atoms with Crippen molar-refractivity contribution in [3.63, 3.8) is 0 Å². The molecule has 0 amide bonds. The molecule has 0 heterocycles. The summed E-state index contributed by atoms with van der Waals surface area (Å²) in [6.07, 6.45) is 4.94. The highest BCUT2D eigenvalue weighted by Gasteiger charge is 2.15. The number of halogens is 1. The second-order valence-corrected chi connectivity index (χ2v) is 5.79. The maximum atomic E-state index is 6.29. The van der Waals surface area contributed by atoms with Crippen molar-refractivity contribution < 1.29 is 0 Å². The predicted molar refractivity (Wildman–Crippen MR) is 85.9 cm³/mol. The van der Waals surface area contributed by atoms with Crippen LogP contribution in [0.15, 0.2) is 24.3 Å². The fourth-order valence-electron chi connectivity index (χ4n) is 2.66. The summed E-state index contributed by atoms with van der Waals surface area (Å²) < 4.78 is 0. The largest absolute Gasteiger partial charge is 0.317 e. The SMILES string of the molecule is CCNCC(Cc1ccccc1Cl)CC(CC)CC. The zero-order chi connectivity index (χ0) is 14.1. The van der Waals surface area contributed by atoms with Crippen LogP contribution in [0.3, 0.4) is 0 Å². The molecule has 0 saturated carbocycles. The summed E-state index contributed by atoms with van der Waals surface area (Å²) >= 11 is 6.29. The van der Waals surface area contributed by atoms with Gasteiger partial charge in [-0.2, -0.15) is 0 Å². The van der Waals surface area contributed by atoms with Crippen LogP contribution in [0.5, 0.6) is 0 Å². The van der Waals surface area contributed by atoms with Crippen LogP contribution in [0.2, 0.25) is 5.02 Å². The van der Waals surface area contributed by atoms with E-state index < -0.39 is 0 Å². The molecular formula is C17H28ClN. The van der Waals surface area contributed by atoms with Gasteiger partial charge in [0.15, 0.2) is 0 Å². The van der Waals surface area contributed by atoms with Gasteiger partial charge in [-0.15, -0.1) is 0 Å². The van der Waals surface area contributed by atoms with Crippen LogP contribution in [0.25, 0.3) is 0 Å². The highest BCUT2D eigenvalue weighted by molar-refractivity contribution is 6.31. The summed E-state index contributed by atoms with van der Waals surface area (Å²) in [4.78, 5) is 0. The second-order valence-electron chi connectivity index (χ2n) is 5.39. The van der Waals surface area contributed by atoms with E-state index in [0.29, 0.717) is 5.92 Å². The normalized spacial score (nSPS) is 12.9. The topological polar surface area (TPSA) is 12.0 Å². The molecular weight excluding hydrogens is 254 g/mol. The first-order valence-electron chi connectivity index (χ1n) is 7.65. The fraction of sp³-hybridized carbons (Fsp3) is 0.647. The lowest BCUT2D eigenvalue weighted by Gasteiger charge is -2.22. The van der Waals surface area contributed by atoms with E-state index in [-0.39, 0.29) is 0 Å². The van der Waals surface area contributed by atoms with Gasteiger partial charge in [0.1, 0.15) is 0 Å². The minimum absolute atomic E-state index is 0.685. The molecule has 2 heteroatoms. The highest BCUT2D eigenvalue weighted by Crippen LogP contribution is 2.25. The molecule has 19 heavy (non-hydrogen) atoms. The van der Waals surface area contributed by atoms with Crippen LogP contribution >= 0.6 is 11.6 Å². The van der Waals surface area contributed by atoms with Crippen molar-refractivity contribution in [2.24, 2.45) is 11.8 Å². The molecule has 1 rings (SSSR count). The van der Waals surface area contributed by atoms with E-state index in [0.717, 1.165) is 30.5 Å². The third kappa shape index (κ3) is 5.97. The molecule has 108 valence electrons. The fourth-order valence-corrected chi connectivity index (χ4v) is 2.87. The quantitative estimate of drug-likeness (QED) is 0.676. The zero-order valence-electron chi connectivity index (χ0n) is 12.6. The molecule has 0 aromatic heterocycles. The molecule has 1 aromatic rings. The second kappa shape index (κ2) is 9.39. The molecule has 0 radical (unpaired) electrons. The van der Waals surface area contributed by atoms with Gasteiger partial charge in [0.25, 0.3) is 0 Å². The zero-order valence-corrected chi connectivity index (χ0v) is 13.3. The van der Waals surface area contributed by atoms with Gasteiger partial charge in [0, 0.05) is 5.02 Å². The lowest BCUT2D eigenvalue weighted by Crippen LogP contribution is -2.26. The number of benzene rings is 1. The molecule has 0 saturated heterocycles. The van der Waals surface area contributed by atoms with Gasteiger partial charge < -0.3 is 5.32 Å². The van der Waals surface area contributed by atoms with Crippen molar-refractivity contribution in [2.75, 3.05) is 13.1 Å². The Labute approximate surface area is 123 Å². The monoisotopic (exact) mass is 281 g/mol. The van der Waals surface area contributed by atoms with E-state index in [1.54, 1.807) is 0 Å². The van der Waals surface area contributed by atoms with Gasteiger partial charge in [-0.1, -0.05) is 63.4 Å². The van der Waals surface area contributed by atoms with E-state index in [4.69, 9.17) is 11.6 Å². The molecule has 0 aliphatic carbocycles. The summed E-state index contributed by atoms with van der Waals surface area (Å²) in [5.74, 6) is 1.52. The molecule has 1 aromatic carbocycles. The smallest absolute Gasteiger partial charge is 0.0438 e. The molecule has 0 aliphatic rings. The number of hydrogen-bond donors (Lipinski definition) is 1. The van der Waals surface area contributed by atoms with Gasteiger partial charge in [-0.05, 0) is 49.4 Å². The van der Waals surface area contributed by atoms with Gasteiger partial charge in [-0.25, -0.2) is 0 Å². The Morgan fingerprint density at radius 1 is 1.05 bits per heavy atom. The van der Waals surface area contributed by atoms with E-state index in [2.05, 4.69) is 38.2 Å². The van der Waals surface area contributed by atoms with Crippen molar-refractivity contribution >= 4 is 11.6 Å². The van der Waals surface area contributed by atoms with Gasteiger partial charge >= 0.3 is 0 Å². The number of nitrogens with one attached hydrogen (secondary N) is 1. The van der Waals surface area contributed by atoms with Crippen LogP contribution in [0.1, 0.15) is 45.6 Å². The lowest BCUT2D eigenvalue weighted by atomic mass is 9.86. The molecule has 0 bridgehead atoms. The Morgan fingerprint density at radius 2 is 1.74 bits per heavy atom. The standard InChI is InChI=1S/C17H28ClN/c1-4-14(5-2)11-15(13-19-6-3)12-16-9-7-8-10-17(16)18/h7-10,14-15,19H,4-6,11-13H2,1-3H3. The first kappa shape index (κ1) is 16.5. The first-order valence-corrected chi connectivity index (χ1v) is 8.03. The molecule has 1 nitrogen and oxygen atoms in total. The maximum Gasteiger partial charge on any atom is 0.0438 e. The molecule has 0 aliphatic heterocycles. The first-order chi connectivity index (χ1) is 9.21. The number of rotatable bonds is 9. The maximum absolute atomic E-state index is 6.29. The van der Waals surface area contributed by atoms with Crippen molar-refractivity contribution in [1.29, 1.82) is 0 Å². The van der Waals surface area contributed by atoms with Crippen molar-refractivity contribution in [3.05, 3.63) is 34.9 Å². The van der Waals surface area contributed by atoms with Crippen molar-refractivity contribution in [2.45, 2.75) is 46.5 Å². The number of hydrogen-bond acceptors (Lipinski definition) is 1. The minimum Gasteiger partial charge on any atom is -0.317 e. The predicted octanol–water partition coefficient (Wildman–Crippen LogP) is 4.93. The average Bonchev–Trinajstić information content (AvgIpc) is 2.44. The molecule has 0 spiro atoms. The third-order valence-electron chi connectivity index (χ3n) is 3.97. The Bertz CT molecular complexity index is 347. The lowest BCUT2D eigenvalue weighted by molar-refractivity contribution is 0.340. The van der Waals surface area contributed by atoms with Crippen LogP contribution < -0.4 is 5.32 Å². The van der Waals surface area contributed by atoms with Gasteiger partial charge in [-0.3, -0.25) is 0 Å². The van der Waals surface area contributed by atoms with Gasteiger partial charge in [0.2, 0.25) is 0 Å². The Balaban J connectivity index is 2.65. The third-order valence-corrected chi connectivity index (χ3v) is 4.34. The average molecular weight is 282 g/mol. The Hall–Kier alpha value is -0.530. The summed E-state index contributed by atoms with van der Waals surface area (Å²) in [5.41, 5.74) is 1.29. The summed E-state index contributed by atoms with van der Waals surface area (Å²) in [6, 6.07) is 8.25. The van der Waals surface area contributed by atoms with Crippen molar-refractivity contribution in [1.82, 2.24) is 5.32 Å². The van der Waals surface area contributed by atoms with Crippen LogP contribution in [-0.4, -0.2) is 13.1 Å². The van der Waals surface area contributed by atoms with E-state index in [1.165, 1.54) is 24.8 Å². The van der Waals surface area contributed by atoms with E-state index >= 15 is 0 Å². The van der Waals surface area contributed by atoms with E-state index in [9.17, 15) is 0 Å². The molecule has 1 unspecified atom stereocenters. The molecule has 1 N–H and O–H groups in total. The van der Waals surface area contributed by atoms with Crippen molar-refractivity contribution in [3.8, 4) is 0 Å². The van der Waals surface area contributed by atoms with Crippen LogP contribution in [0, 0.1) is 11.8 Å². The summed E-state index contributed by atoms with van der Waals surface area (Å²) in [5, 5.41) is 4.41. The highest BCUT2D eigenvalue weighted by atomic mass is 35.5. The van der Waals surface area contributed by atoms with E-state index in [1.807, 2.05) is 12.1 Å². The van der Waals surface area contributed by atoms with Gasteiger partial charge in [0.05, 0.1) is 0 Å². The summed E-state index contributed by atoms with van der Waals surface area (Å²) in [6.45, 7) is 8.91. The Morgan fingerprint density at radius 3 is 2.32 bits per heavy atom. The minimum atomic E-state index is 0.685.